The maximum Gasteiger partial charge on any atom is 0.107 e. The summed E-state index contributed by atoms with van der Waals surface area (Å²) in [4.78, 5) is 4.75. The zero-order valence-corrected chi connectivity index (χ0v) is 11.2. The van der Waals surface area contributed by atoms with E-state index in [1.165, 1.54) is 0 Å². The van der Waals surface area contributed by atoms with Gasteiger partial charge in [0.25, 0.3) is 0 Å². The van der Waals surface area contributed by atoms with Gasteiger partial charge in [-0.3, -0.25) is 0 Å². The van der Waals surface area contributed by atoms with Crippen LogP contribution in [0.2, 0.25) is 0 Å². The van der Waals surface area contributed by atoms with Crippen LogP contribution in [0, 0.1) is 5.92 Å². The van der Waals surface area contributed by atoms with Gasteiger partial charge in [0.15, 0.2) is 0 Å². The third-order valence-electron chi connectivity index (χ3n) is 2.33. The Morgan fingerprint density at radius 1 is 1.50 bits per heavy atom. The summed E-state index contributed by atoms with van der Waals surface area (Å²) in [5.41, 5.74) is 0. The third-order valence-corrected chi connectivity index (χ3v) is 3.56. The van der Waals surface area contributed by atoms with Crippen LogP contribution in [0.25, 0.3) is 0 Å². The van der Waals surface area contributed by atoms with Gasteiger partial charge in [-0.05, 0) is 31.2 Å². The molecule has 0 saturated carbocycles. The molecule has 14 heavy (non-hydrogen) atoms. The van der Waals surface area contributed by atoms with Crippen LogP contribution >= 0.6 is 37.1 Å². The van der Waals surface area contributed by atoms with Gasteiger partial charge in [0.1, 0.15) is 4.99 Å². The Bertz CT molecular complexity index is 294. The first-order chi connectivity index (χ1) is 6.49. The number of nitrogens with zero attached hydrogens (tertiary/aromatic N) is 1. The lowest BCUT2D eigenvalue weighted by Crippen LogP contribution is -2.45. The normalized spacial score (nSPS) is 23.1. The average molecular weight is 245 g/mol. The maximum absolute atomic E-state index is 5.43. The number of thiol groups is 1. The van der Waals surface area contributed by atoms with E-state index in [1.807, 2.05) is 11.0 Å². The van der Waals surface area contributed by atoms with Gasteiger partial charge >= 0.3 is 0 Å². The van der Waals surface area contributed by atoms with Crippen molar-refractivity contribution in [3.8, 4) is 0 Å². The Morgan fingerprint density at radius 2 is 2.07 bits per heavy atom. The lowest BCUT2D eigenvalue weighted by molar-refractivity contribution is 0.487. The topological polar surface area (TPSA) is 3.24 Å². The molecule has 1 nitrogen and oxygen atoms in total. The van der Waals surface area contributed by atoms with Gasteiger partial charge in [-0.15, -0.1) is 12.6 Å². The first-order valence-corrected chi connectivity index (χ1v) is 6.03. The van der Waals surface area contributed by atoms with Crippen LogP contribution in [-0.2, 0) is 0 Å². The summed E-state index contributed by atoms with van der Waals surface area (Å²) < 4.78 is 0. The highest BCUT2D eigenvalue weighted by atomic mass is 32.1. The summed E-state index contributed by atoms with van der Waals surface area (Å²) >= 11 is 15.1. The third kappa shape index (κ3) is 2.18. The van der Waals surface area contributed by atoms with E-state index < -0.39 is 0 Å². The van der Waals surface area contributed by atoms with E-state index >= 15 is 0 Å². The van der Waals surface area contributed by atoms with E-state index in [2.05, 4.69) is 33.4 Å². The lowest BCUT2D eigenvalue weighted by atomic mass is 10.0. The Labute approximate surface area is 102 Å². The molecule has 1 heterocycles. The molecule has 0 N–H and O–H groups in total. The predicted molar refractivity (Wildman–Crippen MR) is 73.0 cm³/mol. The van der Waals surface area contributed by atoms with Crippen LogP contribution in [-0.4, -0.2) is 20.9 Å². The van der Waals surface area contributed by atoms with Crippen molar-refractivity contribution in [2.75, 3.05) is 0 Å². The SMILES string of the molecule is CCC1C(=S)N(C(C)C)C(=S)C=C1S. The summed E-state index contributed by atoms with van der Waals surface area (Å²) in [6, 6.07) is 0.335. The molecule has 0 saturated heterocycles. The zero-order valence-electron chi connectivity index (χ0n) is 8.65. The molecule has 0 aromatic heterocycles. The second-order valence-electron chi connectivity index (χ2n) is 3.67. The fraction of sp³-hybridized carbons (Fsp3) is 0.600. The zero-order chi connectivity index (χ0) is 10.9. The smallest absolute Gasteiger partial charge is 0.107 e. The van der Waals surface area contributed by atoms with Gasteiger partial charge in [0, 0.05) is 12.0 Å². The van der Waals surface area contributed by atoms with Gasteiger partial charge in [0.2, 0.25) is 0 Å². The molecule has 1 aliphatic rings. The fourth-order valence-electron chi connectivity index (χ4n) is 1.59. The van der Waals surface area contributed by atoms with Gasteiger partial charge in [-0.2, -0.15) is 0 Å². The van der Waals surface area contributed by atoms with Crippen LogP contribution in [0.1, 0.15) is 27.2 Å². The summed E-state index contributed by atoms with van der Waals surface area (Å²) in [6.45, 7) is 6.32. The highest BCUT2D eigenvalue weighted by Crippen LogP contribution is 2.28. The summed E-state index contributed by atoms with van der Waals surface area (Å²) in [7, 11) is 0. The van der Waals surface area contributed by atoms with Crippen molar-refractivity contribution in [3.05, 3.63) is 11.0 Å². The van der Waals surface area contributed by atoms with Gasteiger partial charge in [0.05, 0.1) is 4.99 Å². The molecule has 0 aliphatic carbocycles. The molecule has 0 bridgehead atoms. The quantitative estimate of drug-likeness (QED) is 0.588. The molecular weight excluding hydrogens is 230 g/mol. The number of thiocarbonyl (C=S) groups is 2. The van der Waals surface area contributed by atoms with E-state index in [-0.39, 0.29) is 5.92 Å². The molecule has 0 aromatic carbocycles. The Morgan fingerprint density at radius 3 is 2.50 bits per heavy atom. The minimum Gasteiger partial charge on any atom is -0.324 e. The summed E-state index contributed by atoms with van der Waals surface area (Å²) in [5, 5.41) is 0. The van der Waals surface area contributed by atoms with Gasteiger partial charge < -0.3 is 4.90 Å². The molecule has 4 heteroatoms. The van der Waals surface area contributed by atoms with Crippen molar-refractivity contribution >= 4 is 47.0 Å². The van der Waals surface area contributed by atoms with Gasteiger partial charge in [-0.25, -0.2) is 0 Å². The molecule has 0 radical (unpaired) electrons. The number of hydrogen-bond acceptors (Lipinski definition) is 3. The Balaban J connectivity index is 3.04. The largest absolute Gasteiger partial charge is 0.324 e. The van der Waals surface area contributed by atoms with E-state index in [0.29, 0.717) is 6.04 Å². The van der Waals surface area contributed by atoms with Crippen molar-refractivity contribution in [1.82, 2.24) is 4.90 Å². The van der Waals surface area contributed by atoms with E-state index in [1.54, 1.807) is 0 Å². The van der Waals surface area contributed by atoms with Crippen molar-refractivity contribution in [2.24, 2.45) is 5.92 Å². The second kappa shape index (κ2) is 4.73. The van der Waals surface area contributed by atoms with Crippen molar-refractivity contribution in [2.45, 2.75) is 33.2 Å². The van der Waals surface area contributed by atoms with Crippen LogP contribution in [0.15, 0.2) is 11.0 Å². The molecule has 1 atom stereocenters. The number of rotatable bonds is 2. The van der Waals surface area contributed by atoms with Crippen molar-refractivity contribution in [1.29, 1.82) is 0 Å². The Kier molecular flexibility index (Phi) is 4.10. The number of hydrogen-bond donors (Lipinski definition) is 1. The monoisotopic (exact) mass is 245 g/mol. The summed E-state index contributed by atoms with van der Waals surface area (Å²) in [6.07, 6.45) is 2.93. The first kappa shape index (κ1) is 12.1. The summed E-state index contributed by atoms with van der Waals surface area (Å²) in [5.74, 6) is 0.266. The molecule has 0 spiro atoms. The maximum atomic E-state index is 5.43. The molecular formula is C10H15NS3. The van der Waals surface area contributed by atoms with Crippen LogP contribution in [0.4, 0.5) is 0 Å². The molecule has 0 fully saturated rings. The minimum absolute atomic E-state index is 0.266. The molecule has 1 unspecified atom stereocenters. The van der Waals surface area contributed by atoms with E-state index in [0.717, 1.165) is 21.3 Å². The second-order valence-corrected chi connectivity index (χ2v) is 5.02. The highest BCUT2D eigenvalue weighted by molar-refractivity contribution is 7.85. The molecule has 0 aromatic rings. The molecule has 78 valence electrons. The molecule has 1 rings (SSSR count). The Hall–Kier alpha value is 0.0700. The minimum atomic E-state index is 0.266. The lowest BCUT2D eigenvalue weighted by Gasteiger charge is -2.36. The van der Waals surface area contributed by atoms with Gasteiger partial charge in [-0.1, -0.05) is 31.4 Å². The molecule has 0 amide bonds. The first-order valence-electron chi connectivity index (χ1n) is 4.76. The molecule has 1 aliphatic heterocycles. The van der Waals surface area contributed by atoms with Crippen LogP contribution in [0.3, 0.4) is 0 Å². The van der Waals surface area contributed by atoms with E-state index in [4.69, 9.17) is 24.4 Å². The highest BCUT2D eigenvalue weighted by Gasteiger charge is 2.29. The van der Waals surface area contributed by atoms with Crippen molar-refractivity contribution < 1.29 is 0 Å². The van der Waals surface area contributed by atoms with Crippen LogP contribution < -0.4 is 0 Å². The van der Waals surface area contributed by atoms with E-state index in [9.17, 15) is 0 Å². The van der Waals surface area contributed by atoms with Crippen LogP contribution in [0.5, 0.6) is 0 Å². The fourth-order valence-corrected chi connectivity index (χ4v) is 3.29. The standard InChI is InChI=1S/C10H15NS3/c1-4-7-8(12)5-9(13)11(6(2)3)10(7)14/h5-7,12H,4H2,1-3H3. The van der Waals surface area contributed by atoms with Crippen molar-refractivity contribution in [3.63, 3.8) is 0 Å². The predicted octanol–water partition coefficient (Wildman–Crippen LogP) is 3.21. The average Bonchev–Trinajstić information content (AvgIpc) is 2.02.